The number of allylic oxidation sites excluding steroid dienone is 1. The van der Waals surface area contributed by atoms with Gasteiger partial charge in [0.1, 0.15) is 0 Å². The summed E-state index contributed by atoms with van der Waals surface area (Å²) in [5.74, 6) is 0. The lowest BCUT2D eigenvalue weighted by molar-refractivity contribution is 0.211. The maximum Gasteiger partial charge on any atom is 0.203 e. The third-order valence-corrected chi connectivity index (χ3v) is 5.65. The van der Waals surface area contributed by atoms with Crippen LogP contribution in [0.1, 0.15) is 38.2 Å². The summed E-state index contributed by atoms with van der Waals surface area (Å²) in [7, 11) is 0. The van der Waals surface area contributed by atoms with Gasteiger partial charge in [-0.1, -0.05) is 23.3 Å². The molecule has 0 radical (unpaired) electrons. The molecule has 1 aromatic carbocycles. The first-order chi connectivity index (χ1) is 11.1. The van der Waals surface area contributed by atoms with Crippen LogP contribution in [-0.4, -0.2) is 27.0 Å². The molecule has 122 valence electrons. The molecule has 1 fully saturated rings. The lowest BCUT2D eigenvalue weighted by atomic mass is 10.1. The van der Waals surface area contributed by atoms with Crippen LogP contribution < -0.4 is 0 Å². The highest BCUT2D eigenvalue weighted by Gasteiger charge is 2.24. The zero-order chi connectivity index (χ0) is 16.0. The number of imidazole rings is 1. The third-order valence-electron chi connectivity index (χ3n) is 5.14. The van der Waals surface area contributed by atoms with E-state index >= 15 is 0 Å². The quantitative estimate of drug-likeness (QED) is 0.707. The fourth-order valence-corrected chi connectivity index (χ4v) is 4.33. The Morgan fingerprint density at radius 3 is 2.83 bits per heavy atom. The van der Waals surface area contributed by atoms with Gasteiger partial charge in [0.05, 0.1) is 11.0 Å². The maximum absolute atomic E-state index is 6.37. The van der Waals surface area contributed by atoms with Crippen molar-refractivity contribution in [2.45, 2.75) is 51.7 Å². The smallest absolute Gasteiger partial charge is 0.203 e. The predicted molar refractivity (Wildman–Crippen MR) is 96.2 cm³/mol. The van der Waals surface area contributed by atoms with Crippen LogP contribution in [0.3, 0.4) is 0 Å². The van der Waals surface area contributed by atoms with Crippen LogP contribution in [0.25, 0.3) is 11.0 Å². The van der Waals surface area contributed by atoms with Crippen LogP contribution in [0.15, 0.2) is 23.8 Å². The van der Waals surface area contributed by atoms with Crippen molar-refractivity contribution in [2.24, 2.45) is 0 Å². The van der Waals surface area contributed by atoms with E-state index in [1.165, 1.54) is 31.2 Å². The van der Waals surface area contributed by atoms with Crippen LogP contribution in [-0.2, 0) is 13.1 Å². The van der Waals surface area contributed by atoms with E-state index in [0.717, 1.165) is 35.7 Å². The van der Waals surface area contributed by atoms with E-state index in [4.69, 9.17) is 23.2 Å². The lowest BCUT2D eigenvalue weighted by Crippen LogP contribution is -2.34. The Labute approximate surface area is 146 Å². The summed E-state index contributed by atoms with van der Waals surface area (Å²) in [6.07, 6.45) is 7.69. The van der Waals surface area contributed by atoms with Crippen molar-refractivity contribution in [2.75, 3.05) is 6.54 Å². The molecule has 5 heteroatoms. The summed E-state index contributed by atoms with van der Waals surface area (Å²) in [6, 6.07) is 4.38. The third kappa shape index (κ3) is 2.90. The standard InChI is InChI=1S/C18H21Cl2N3/c1-12-10-23-17-14(8-15(19)9-16(17)21-18(23)20)11-22(12)7-6-13-4-2-3-5-13/h6,8-9,12H,2-5,7,10-11H2,1H3/t12-/m0/s1. The van der Waals surface area contributed by atoms with Gasteiger partial charge in [0, 0.05) is 30.7 Å². The van der Waals surface area contributed by atoms with E-state index in [0.29, 0.717) is 11.3 Å². The molecule has 1 aromatic heterocycles. The van der Waals surface area contributed by atoms with E-state index in [9.17, 15) is 0 Å². The number of hydrogen-bond acceptors (Lipinski definition) is 2. The highest BCUT2D eigenvalue weighted by atomic mass is 35.5. The molecule has 0 amide bonds. The molecule has 0 spiro atoms. The fraction of sp³-hybridized carbons (Fsp3) is 0.500. The van der Waals surface area contributed by atoms with Gasteiger partial charge >= 0.3 is 0 Å². The van der Waals surface area contributed by atoms with Gasteiger partial charge in [0.2, 0.25) is 5.28 Å². The molecule has 1 atom stereocenters. The number of aromatic nitrogens is 2. The highest BCUT2D eigenvalue weighted by molar-refractivity contribution is 6.32. The first-order valence-electron chi connectivity index (χ1n) is 8.38. The highest BCUT2D eigenvalue weighted by Crippen LogP contribution is 2.32. The molecular weight excluding hydrogens is 329 g/mol. The first kappa shape index (κ1) is 15.5. The van der Waals surface area contributed by atoms with Gasteiger partial charge in [-0.05, 0) is 61.9 Å². The van der Waals surface area contributed by atoms with E-state index in [1.54, 1.807) is 5.57 Å². The van der Waals surface area contributed by atoms with Crippen molar-refractivity contribution in [1.29, 1.82) is 0 Å². The zero-order valence-corrected chi connectivity index (χ0v) is 14.9. The Kier molecular flexibility index (Phi) is 4.12. The monoisotopic (exact) mass is 349 g/mol. The molecule has 23 heavy (non-hydrogen) atoms. The van der Waals surface area contributed by atoms with Gasteiger partial charge in [-0.15, -0.1) is 0 Å². The van der Waals surface area contributed by atoms with E-state index in [2.05, 4.69) is 33.5 Å². The van der Waals surface area contributed by atoms with Crippen LogP contribution in [0, 0.1) is 0 Å². The minimum absolute atomic E-state index is 0.411. The van der Waals surface area contributed by atoms with Gasteiger partial charge < -0.3 is 4.57 Å². The Morgan fingerprint density at radius 2 is 2.04 bits per heavy atom. The molecule has 1 saturated carbocycles. The van der Waals surface area contributed by atoms with Gasteiger partial charge in [-0.3, -0.25) is 4.90 Å². The topological polar surface area (TPSA) is 21.1 Å². The van der Waals surface area contributed by atoms with Gasteiger partial charge in [-0.25, -0.2) is 4.98 Å². The Hall–Kier alpha value is -1.03. The minimum atomic E-state index is 0.411. The van der Waals surface area contributed by atoms with E-state index in [-0.39, 0.29) is 0 Å². The lowest BCUT2D eigenvalue weighted by Gasteiger charge is -2.26. The molecule has 4 rings (SSSR count). The zero-order valence-electron chi connectivity index (χ0n) is 13.4. The summed E-state index contributed by atoms with van der Waals surface area (Å²) in [5.41, 5.74) is 4.89. The number of hydrogen-bond donors (Lipinski definition) is 0. The van der Waals surface area contributed by atoms with Crippen LogP contribution >= 0.6 is 23.2 Å². The van der Waals surface area contributed by atoms with E-state index < -0.39 is 0 Å². The average Bonchev–Trinajstić information content (AvgIpc) is 3.08. The van der Waals surface area contributed by atoms with Crippen LogP contribution in [0.5, 0.6) is 0 Å². The van der Waals surface area contributed by atoms with Crippen molar-refractivity contribution in [1.82, 2.24) is 14.5 Å². The molecule has 2 aromatic rings. The van der Waals surface area contributed by atoms with Crippen molar-refractivity contribution < 1.29 is 0 Å². The van der Waals surface area contributed by atoms with Crippen molar-refractivity contribution in [3.63, 3.8) is 0 Å². The molecule has 0 bridgehead atoms. The summed E-state index contributed by atoms with van der Waals surface area (Å²) in [5, 5.41) is 1.30. The fourth-order valence-electron chi connectivity index (χ4n) is 3.85. The first-order valence-corrected chi connectivity index (χ1v) is 9.13. The second-order valence-electron chi connectivity index (χ2n) is 6.77. The van der Waals surface area contributed by atoms with Crippen molar-refractivity contribution in [3.05, 3.63) is 39.7 Å². The van der Waals surface area contributed by atoms with Gasteiger partial charge in [0.25, 0.3) is 0 Å². The van der Waals surface area contributed by atoms with Crippen molar-refractivity contribution >= 4 is 34.2 Å². The molecular formula is C18H21Cl2N3. The summed E-state index contributed by atoms with van der Waals surface area (Å²) in [6.45, 7) is 5.03. The average molecular weight is 350 g/mol. The van der Waals surface area contributed by atoms with Crippen molar-refractivity contribution in [3.8, 4) is 0 Å². The molecule has 1 aliphatic heterocycles. The number of benzene rings is 1. The number of rotatable bonds is 2. The summed E-state index contributed by atoms with van der Waals surface area (Å²) < 4.78 is 2.13. The Morgan fingerprint density at radius 1 is 1.26 bits per heavy atom. The minimum Gasteiger partial charge on any atom is -0.313 e. The van der Waals surface area contributed by atoms with Gasteiger partial charge in [-0.2, -0.15) is 0 Å². The number of nitrogens with zero attached hydrogens (tertiary/aromatic N) is 3. The van der Waals surface area contributed by atoms with Crippen LogP contribution in [0.4, 0.5) is 0 Å². The molecule has 0 unspecified atom stereocenters. The largest absolute Gasteiger partial charge is 0.313 e. The summed E-state index contributed by atoms with van der Waals surface area (Å²) in [4.78, 5) is 6.98. The SMILES string of the molecule is C[C@H]1Cn2c(Cl)nc3cc(Cl)cc(c32)CN1CC=C1CCCC1. The number of halogens is 2. The molecule has 1 aliphatic carbocycles. The summed E-state index contributed by atoms with van der Waals surface area (Å²) >= 11 is 12.7. The van der Waals surface area contributed by atoms with Crippen LogP contribution in [0.2, 0.25) is 10.3 Å². The molecule has 2 heterocycles. The normalized spacial score (nSPS) is 21.9. The second-order valence-corrected chi connectivity index (χ2v) is 7.55. The molecule has 3 nitrogen and oxygen atoms in total. The second kappa shape index (κ2) is 6.12. The predicted octanol–water partition coefficient (Wildman–Crippen LogP) is 5.05. The van der Waals surface area contributed by atoms with E-state index in [1.807, 2.05) is 6.07 Å². The Bertz CT molecular complexity index is 770. The molecule has 0 saturated heterocycles. The maximum atomic E-state index is 6.37. The van der Waals surface area contributed by atoms with Gasteiger partial charge in [0.15, 0.2) is 0 Å². The molecule has 0 N–H and O–H groups in total. The molecule has 2 aliphatic rings. The Balaban J connectivity index is 1.69.